The van der Waals surface area contributed by atoms with Gasteiger partial charge in [0, 0.05) is 19.5 Å². The first kappa shape index (κ1) is 21.5. The lowest BCUT2D eigenvalue weighted by molar-refractivity contribution is -0.137. The summed E-state index contributed by atoms with van der Waals surface area (Å²) in [4.78, 5) is 13.1. The number of carbonyl (C=O) groups is 1. The van der Waals surface area contributed by atoms with Crippen LogP contribution in [0, 0.1) is 6.92 Å². The summed E-state index contributed by atoms with van der Waals surface area (Å²) in [6.07, 6.45) is 5.48. The number of ether oxygens (including phenoxy) is 1. The second-order valence-electron chi connectivity index (χ2n) is 8.08. The molecule has 1 aliphatic rings. The van der Waals surface area contributed by atoms with E-state index < -0.39 is 5.97 Å². The van der Waals surface area contributed by atoms with E-state index in [0.717, 1.165) is 51.7 Å². The lowest BCUT2D eigenvalue weighted by Crippen LogP contribution is -2.38. The van der Waals surface area contributed by atoms with Crippen molar-refractivity contribution in [3.63, 3.8) is 0 Å². The highest BCUT2D eigenvalue weighted by atomic mass is 16.5. The first-order chi connectivity index (χ1) is 14.1. The van der Waals surface area contributed by atoms with E-state index in [1.54, 1.807) is 0 Å². The maximum atomic E-state index is 10.6. The minimum absolute atomic E-state index is 0.0237. The Morgan fingerprint density at radius 3 is 2.31 bits per heavy atom. The highest BCUT2D eigenvalue weighted by molar-refractivity contribution is 5.66. The van der Waals surface area contributed by atoms with Crippen LogP contribution in [-0.4, -0.2) is 41.7 Å². The molecule has 1 fully saturated rings. The van der Waals surface area contributed by atoms with Gasteiger partial charge in [-0.3, -0.25) is 4.79 Å². The summed E-state index contributed by atoms with van der Waals surface area (Å²) in [6, 6.07) is 19.2. The molecule has 1 atom stereocenters. The van der Waals surface area contributed by atoms with E-state index in [2.05, 4.69) is 60.4 Å². The van der Waals surface area contributed by atoms with E-state index >= 15 is 0 Å². The largest absolute Gasteiger partial charge is 0.481 e. The van der Waals surface area contributed by atoms with E-state index in [1.165, 1.54) is 16.7 Å². The second kappa shape index (κ2) is 11.1. The van der Waals surface area contributed by atoms with Crippen molar-refractivity contribution >= 4 is 5.97 Å². The Balaban J connectivity index is 1.51. The van der Waals surface area contributed by atoms with Gasteiger partial charge >= 0.3 is 5.97 Å². The molecule has 0 saturated carbocycles. The summed E-state index contributed by atoms with van der Waals surface area (Å²) in [6.45, 7) is 5.28. The summed E-state index contributed by atoms with van der Waals surface area (Å²) in [5, 5.41) is 8.72. The highest BCUT2D eigenvalue weighted by Crippen LogP contribution is 2.30. The fourth-order valence-electron chi connectivity index (χ4n) is 3.97. The molecule has 1 aliphatic heterocycles. The van der Waals surface area contributed by atoms with Crippen molar-refractivity contribution in [3.8, 4) is 0 Å². The maximum absolute atomic E-state index is 10.6. The van der Waals surface area contributed by atoms with Gasteiger partial charge < -0.3 is 14.7 Å². The fraction of sp³-hybridized carbons (Fsp3) is 0.480. The Hall–Kier alpha value is -2.17. The van der Waals surface area contributed by atoms with Gasteiger partial charge in [-0.2, -0.15) is 0 Å². The van der Waals surface area contributed by atoms with E-state index in [1.807, 2.05) is 6.07 Å². The van der Waals surface area contributed by atoms with Crippen LogP contribution in [0.2, 0.25) is 0 Å². The van der Waals surface area contributed by atoms with Gasteiger partial charge in [-0.15, -0.1) is 0 Å². The lowest BCUT2D eigenvalue weighted by Gasteiger charge is -2.34. The first-order valence-corrected chi connectivity index (χ1v) is 10.8. The summed E-state index contributed by atoms with van der Waals surface area (Å²) in [5.74, 6) is -0.690. The minimum atomic E-state index is -0.690. The van der Waals surface area contributed by atoms with Gasteiger partial charge in [0.15, 0.2) is 0 Å². The lowest BCUT2D eigenvalue weighted by atomic mass is 9.99. The van der Waals surface area contributed by atoms with Gasteiger partial charge in [0.1, 0.15) is 6.10 Å². The summed E-state index contributed by atoms with van der Waals surface area (Å²) in [5.41, 5.74) is 3.68. The SMILES string of the molecule is Cc1ccc(C(OC2CCN(CCCCCC(=O)O)CC2)c2ccccc2)cc1. The molecule has 1 heterocycles. The van der Waals surface area contributed by atoms with Crippen LogP contribution in [-0.2, 0) is 9.53 Å². The molecule has 0 aromatic heterocycles. The number of piperidine rings is 1. The van der Waals surface area contributed by atoms with Crippen molar-refractivity contribution in [2.24, 2.45) is 0 Å². The molecule has 1 unspecified atom stereocenters. The average Bonchev–Trinajstić information content (AvgIpc) is 2.74. The summed E-state index contributed by atoms with van der Waals surface area (Å²) < 4.78 is 6.63. The van der Waals surface area contributed by atoms with Crippen LogP contribution in [0.4, 0.5) is 0 Å². The molecule has 2 aromatic carbocycles. The number of hydrogen-bond donors (Lipinski definition) is 1. The maximum Gasteiger partial charge on any atom is 0.303 e. The van der Waals surface area contributed by atoms with Crippen LogP contribution >= 0.6 is 0 Å². The van der Waals surface area contributed by atoms with Crippen LogP contribution in [0.3, 0.4) is 0 Å². The average molecular weight is 396 g/mol. The molecule has 2 aromatic rings. The molecule has 29 heavy (non-hydrogen) atoms. The molecule has 0 aliphatic carbocycles. The smallest absolute Gasteiger partial charge is 0.303 e. The fourth-order valence-corrected chi connectivity index (χ4v) is 3.97. The van der Waals surface area contributed by atoms with Crippen LogP contribution in [0.15, 0.2) is 54.6 Å². The molecule has 0 amide bonds. The van der Waals surface area contributed by atoms with Gasteiger partial charge in [0.05, 0.1) is 6.10 Å². The van der Waals surface area contributed by atoms with Crippen LogP contribution < -0.4 is 0 Å². The number of rotatable bonds is 10. The van der Waals surface area contributed by atoms with Crippen molar-refractivity contribution in [3.05, 3.63) is 71.3 Å². The second-order valence-corrected chi connectivity index (χ2v) is 8.08. The van der Waals surface area contributed by atoms with Gasteiger partial charge in [0.25, 0.3) is 0 Å². The van der Waals surface area contributed by atoms with E-state index in [0.29, 0.717) is 0 Å². The van der Waals surface area contributed by atoms with Crippen LogP contribution in [0.1, 0.15) is 61.3 Å². The number of carboxylic acid groups (broad SMARTS) is 1. The molecule has 4 heteroatoms. The van der Waals surface area contributed by atoms with Gasteiger partial charge in [0.2, 0.25) is 0 Å². The standard InChI is InChI=1S/C25H33NO3/c1-20-11-13-22(14-12-20)25(21-8-4-2-5-9-21)29-23-15-18-26(19-16-23)17-7-3-6-10-24(27)28/h2,4-5,8-9,11-14,23,25H,3,6-7,10,15-19H2,1H3,(H,27,28). The number of benzene rings is 2. The van der Waals surface area contributed by atoms with Crippen molar-refractivity contribution in [2.75, 3.05) is 19.6 Å². The molecule has 4 nitrogen and oxygen atoms in total. The zero-order chi connectivity index (χ0) is 20.5. The predicted octanol–water partition coefficient (Wildman–Crippen LogP) is 5.21. The van der Waals surface area contributed by atoms with Gasteiger partial charge in [-0.25, -0.2) is 0 Å². The third-order valence-electron chi connectivity index (χ3n) is 5.71. The van der Waals surface area contributed by atoms with Crippen molar-refractivity contribution in [1.82, 2.24) is 4.90 Å². The highest BCUT2D eigenvalue weighted by Gasteiger charge is 2.24. The Kier molecular flexibility index (Phi) is 8.26. The molecular formula is C25H33NO3. The zero-order valence-corrected chi connectivity index (χ0v) is 17.4. The number of aliphatic carboxylic acids is 1. The Bertz CT molecular complexity index is 736. The Labute approximate surface area is 174 Å². The molecule has 1 saturated heterocycles. The zero-order valence-electron chi connectivity index (χ0n) is 17.4. The quantitative estimate of drug-likeness (QED) is 0.561. The topological polar surface area (TPSA) is 49.8 Å². The Morgan fingerprint density at radius 2 is 1.66 bits per heavy atom. The molecule has 156 valence electrons. The minimum Gasteiger partial charge on any atom is -0.481 e. The predicted molar refractivity (Wildman–Crippen MR) is 116 cm³/mol. The van der Waals surface area contributed by atoms with Gasteiger partial charge in [-0.05, 0) is 50.3 Å². The summed E-state index contributed by atoms with van der Waals surface area (Å²) in [7, 11) is 0. The van der Waals surface area contributed by atoms with Crippen molar-refractivity contribution in [1.29, 1.82) is 0 Å². The van der Waals surface area contributed by atoms with Crippen LogP contribution in [0.5, 0.6) is 0 Å². The Morgan fingerprint density at radius 1 is 1.00 bits per heavy atom. The van der Waals surface area contributed by atoms with E-state index in [4.69, 9.17) is 9.84 Å². The molecule has 0 spiro atoms. The normalized spacial score (nSPS) is 16.6. The van der Waals surface area contributed by atoms with E-state index in [-0.39, 0.29) is 18.6 Å². The van der Waals surface area contributed by atoms with Crippen LogP contribution in [0.25, 0.3) is 0 Å². The number of hydrogen-bond acceptors (Lipinski definition) is 3. The number of nitrogens with zero attached hydrogens (tertiary/aromatic N) is 1. The van der Waals surface area contributed by atoms with E-state index in [9.17, 15) is 4.79 Å². The molecule has 0 bridgehead atoms. The molecule has 0 radical (unpaired) electrons. The molecular weight excluding hydrogens is 362 g/mol. The summed E-state index contributed by atoms with van der Waals surface area (Å²) >= 11 is 0. The number of likely N-dealkylation sites (tertiary alicyclic amines) is 1. The van der Waals surface area contributed by atoms with Crippen molar-refractivity contribution < 1.29 is 14.6 Å². The van der Waals surface area contributed by atoms with Gasteiger partial charge in [-0.1, -0.05) is 66.6 Å². The monoisotopic (exact) mass is 395 g/mol. The molecule has 1 N–H and O–H groups in total. The molecule has 3 rings (SSSR count). The number of unbranched alkanes of at least 4 members (excludes halogenated alkanes) is 2. The number of carboxylic acids is 1. The van der Waals surface area contributed by atoms with Crippen molar-refractivity contribution in [2.45, 2.75) is 57.7 Å². The third kappa shape index (κ3) is 6.98. The third-order valence-corrected chi connectivity index (χ3v) is 5.71. The number of aryl methyl sites for hydroxylation is 1. The first-order valence-electron chi connectivity index (χ1n) is 10.8.